The molecule has 0 aromatic rings. The fourth-order valence-electron chi connectivity index (χ4n) is 3.43. The molecular weight excluding hydrogens is 232 g/mol. The molecule has 1 N–H and O–H groups in total. The minimum absolute atomic E-state index is 0.676. The summed E-state index contributed by atoms with van der Waals surface area (Å²) in [5, 5.41) is 3.80. The van der Waals surface area contributed by atoms with Crippen molar-refractivity contribution in [3.8, 4) is 0 Å². The standard InChI is InChI=1S/C17H36N2/c1-8-14(6)16-11-19(15(7)9-12(2)3)17(10-18-16)13(4)5/h12-18H,8-11H2,1-7H3. The van der Waals surface area contributed by atoms with E-state index in [1.807, 2.05) is 0 Å². The zero-order valence-corrected chi connectivity index (χ0v) is 14.2. The van der Waals surface area contributed by atoms with Crippen molar-refractivity contribution in [2.24, 2.45) is 17.8 Å². The molecule has 0 bridgehead atoms. The molecule has 1 rings (SSSR count). The van der Waals surface area contributed by atoms with Gasteiger partial charge in [-0.05, 0) is 31.1 Å². The maximum absolute atomic E-state index is 3.80. The molecule has 1 aliphatic rings. The molecule has 2 nitrogen and oxygen atoms in total. The van der Waals surface area contributed by atoms with Gasteiger partial charge in [-0.3, -0.25) is 4.90 Å². The third-order valence-corrected chi connectivity index (χ3v) is 4.90. The lowest BCUT2D eigenvalue weighted by molar-refractivity contribution is 0.0419. The van der Waals surface area contributed by atoms with Gasteiger partial charge in [0.1, 0.15) is 0 Å². The first kappa shape index (κ1) is 17.0. The molecule has 2 heteroatoms. The van der Waals surface area contributed by atoms with E-state index in [4.69, 9.17) is 0 Å². The third-order valence-electron chi connectivity index (χ3n) is 4.90. The van der Waals surface area contributed by atoms with Crippen LogP contribution in [0.4, 0.5) is 0 Å². The minimum Gasteiger partial charge on any atom is -0.311 e. The van der Waals surface area contributed by atoms with Crippen molar-refractivity contribution >= 4 is 0 Å². The van der Waals surface area contributed by atoms with Crippen LogP contribution in [0.5, 0.6) is 0 Å². The summed E-state index contributed by atoms with van der Waals surface area (Å²) in [4.78, 5) is 2.79. The van der Waals surface area contributed by atoms with Gasteiger partial charge in [0.15, 0.2) is 0 Å². The number of hydrogen-bond acceptors (Lipinski definition) is 2. The summed E-state index contributed by atoms with van der Waals surface area (Å²) in [6.07, 6.45) is 2.59. The predicted molar refractivity (Wildman–Crippen MR) is 85.5 cm³/mol. The number of piperazine rings is 1. The second kappa shape index (κ2) is 7.64. The highest BCUT2D eigenvalue weighted by molar-refractivity contribution is 4.92. The molecule has 1 fully saturated rings. The van der Waals surface area contributed by atoms with Crippen LogP contribution in [0.15, 0.2) is 0 Å². The largest absolute Gasteiger partial charge is 0.311 e. The number of rotatable bonds is 6. The van der Waals surface area contributed by atoms with Crippen LogP contribution < -0.4 is 5.32 Å². The fourth-order valence-corrected chi connectivity index (χ4v) is 3.43. The van der Waals surface area contributed by atoms with Crippen LogP contribution in [0.2, 0.25) is 0 Å². The third kappa shape index (κ3) is 4.75. The van der Waals surface area contributed by atoms with E-state index in [0.717, 1.165) is 24.3 Å². The van der Waals surface area contributed by atoms with Gasteiger partial charge >= 0.3 is 0 Å². The Hall–Kier alpha value is -0.0800. The summed E-state index contributed by atoms with van der Waals surface area (Å²) in [6.45, 7) is 18.9. The predicted octanol–water partition coefficient (Wildman–Crippen LogP) is 3.77. The van der Waals surface area contributed by atoms with Gasteiger partial charge in [-0.25, -0.2) is 0 Å². The molecule has 19 heavy (non-hydrogen) atoms. The van der Waals surface area contributed by atoms with E-state index in [1.165, 1.54) is 19.4 Å². The van der Waals surface area contributed by atoms with E-state index in [-0.39, 0.29) is 0 Å². The van der Waals surface area contributed by atoms with Crippen LogP contribution in [0.25, 0.3) is 0 Å². The molecule has 1 aliphatic heterocycles. The molecule has 0 aromatic carbocycles. The van der Waals surface area contributed by atoms with Crippen molar-refractivity contribution in [3.63, 3.8) is 0 Å². The molecular formula is C17H36N2. The van der Waals surface area contributed by atoms with Crippen LogP contribution in [-0.2, 0) is 0 Å². The Bertz CT molecular complexity index is 250. The van der Waals surface area contributed by atoms with Crippen molar-refractivity contribution in [2.45, 2.75) is 79.4 Å². The summed E-state index contributed by atoms with van der Waals surface area (Å²) >= 11 is 0. The number of hydrogen-bond donors (Lipinski definition) is 1. The first-order valence-corrected chi connectivity index (χ1v) is 8.35. The smallest absolute Gasteiger partial charge is 0.0247 e. The topological polar surface area (TPSA) is 15.3 Å². The van der Waals surface area contributed by atoms with E-state index in [1.54, 1.807) is 0 Å². The SMILES string of the molecule is CCC(C)C1CN(C(C)CC(C)C)C(C(C)C)CN1. The van der Waals surface area contributed by atoms with Gasteiger partial charge in [-0.2, -0.15) is 0 Å². The lowest BCUT2D eigenvalue weighted by Crippen LogP contribution is -2.62. The first-order chi connectivity index (χ1) is 8.86. The van der Waals surface area contributed by atoms with Crippen molar-refractivity contribution in [1.29, 1.82) is 0 Å². The van der Waals surface area contributed by atoms with Crippen LogP contribution >= 0.6 is 0 Å². The van der Waals surface area contributed by atoms with E-state index >= 15 is 0 Å². The zero-order valence-electron chi connectivity index (χ0n) is 14.2. The summed E-state index contributed by atoms with van der Waals surface area (Å²) in [5.74, 6) is 2.31. The molecule has 4 atom stereocenters. The zero-order chi connectivity index (χ0) is 14.6. The number of nitrogens with one attached hydrogen (secondary N) is 1. The molecule has 0 aliphatic carbocycles. The van der Waals surface area contributed by atoms with Crippen LogP contribution in [0.1, 0.15) is 61.3 Å². The monoisotopic (exact) mass is 268 g/mol. The van der Waals surface area contributed by atoms with E-state index < -0.39 is 0 Å². The van der Waals surface area contributed by atoms with Gasteiger partial charge in [0.05, 0.1) is 0 Å². The molecule has 0 amide bonds. The molecule has 0 saturated carbocycles. The second-order valence-corrected chi connectivity index (χ2v) is 7.39. The molecule has 1 heterocycles. The maximum Gasteiger partial charge on any atom is 0.0247 e. The summed E-state index contributed by atoms with van der Waals surface area (Å²) in [5.41, 5.74) is 0. The van der Waals surface area contributed by atoms with Crippen molar-refractivity contribution < 1.29 is 0 Å². The lowest BCUT2D eigenvalue weighted by atomic mass is 9.89. The van der Waals surface area contributed by atoms with Crippen molar-refractivity contribution in [2.75, 3.05) is 13.1 Å². The second-order valence-electron chi connectivity index (χ2n) is 7.39. The molecule has 0 radical (unpaired) electrons. The minimum atomic E-state index is 0.676. The van der Waals surface area contributed by atoms with Gasteiger partial charge < -0.3 is 5.32 Å². The van der Waals surface area contributed by atoms with Crippen LogP contribution in [0, 0.1) is 17.8 Å². The van der Waals surface area contributed by atoms with E-state index in [2.05, 4.69) is 58.7 Å². The quantitative estimate of drug-likeness (QED) is 0.789. The average molecular weight is 268 g/mol. The van der Waals surface area contributed by atoms with Gasteiger partial charge in [-0.15, -0.1) is 0 Å². The Balaban J connectivity index is 2.72. The van der Waals surface area contributed by atoms with Crippen LogP contribution in [-0.4, -0.2) is 36.1 Å². The molecule has 4 unspecified atom stereocenters. The van der Waals surface area contributed by atoms with Gasteiger partial charge in [0, 0.05) is 31.2 Å². The Kier molecular flexibility index (Phi) is 6.82. The normalized spacial score (nSPS) is 28.9. The average Bonchev–Trinajstić information content (AvgIpc) is 2.36. The van der Waals surface area contributed by atoms with E-state index in [0.29, 0.717) is 18.1 Å². The van der Waals surface area contributed by atoms with Gasteiger partial charge in [-0.1, -0.05) is 48.0 Å². The van der Waals surface area contributed by atoms with Crippen LogP contribution in [0.3, 0.4) is 0 Å². The summed E-state index contributed by atoms with van der Waals surface area (Å²) < 4.78 is 0. The summed E-state index contributed by atoms with van der Waals surface area (Å²) in [7, 11) is 0. The molecule has 114 valence electrons. The van der Waals surface area contributed by atoms with Crippen molar-refractivity contribution in [1.82, 2.24) is 10.2 Å². The molecule has 1 saturated heterocycles. The van der Waals surface area contributed by atoms with E-state index in [9.17, 15) is 0 Å². The van der Waals surface area contributed by atoms with Crippen molar-refractivity contribution in [3.05, 3.63) is 0 Å². The Morgan fingerprint density at radius 2 is 1.74 bits per heavy atom. The lowest BCUT2D eigenvalue weighted by Gasteiger charge is -2.47. The summed E-state index contributed by atoms with van der Waals surface area (Å²) in [6, 6.07) is 2.09. The number of nitrogens with zero attached hydrogens (tertiary/aromatic N) is 1. The Morgan fingerprint density at radius 1 is 1.11 bits per heavy atom. The van der Waals surface area contributed by atoms with Gasteiger partial charge in [0.25, 0.3) is 0 Å². The Morgan fingerprint density at radius 3 is 2.21 bits per heavy atom. The fraction of sp³-hybridized carbons (Fsp3) is 1.00. The first-order valence-electron chi connectivity index (χ1n) is 8.35. The highest BCUT2D eigenvalue weighted by Crippen LogP contribution is 2.24. The molecule has 0 spiro atoms. The highest BCUT2D eigenvalue weighted by atomic mass is 15.3. The maximum atomic E-state index is 3.80. The highest BCUT2D eigenvalue weighted by Gasteiger charge is 2.34. The Labute approximate surface area is 121 Å². The van der Waals surface area contributed by atoms with Gasteiger partial charge in [0.2, 0.25) is 0 Å². The molecule has 0 aromatic heterocycles.